The van der Waals surface area contributed by atoms with Crippen LogP contribution < -0.4 is 14.8 Å². The number of nitrogens with zero attached hydrogens (tertiary/aromatic N) is 4. The van der Waals surface area contributed by atoms with Crippen LogP contribution in [0, 0.1) is 0 Å². The van der Waals surface area contributed by atoms with Gasteiger partial charge in [0, 0.05) is 11.6 Å². The van der Waals surface area contributed by atoms with Gasteiger partial charge in [-0.2, -0.15) is 0 Å². The first-order chi connectivity index (χ1) is 12.1. The minimum atomic E-state index is -0.354. The van der Waals surface area contributed by atoms with Gasteiger partial charge in [0.05, 0.1) is 30.6 Å². The molecule has 1 amide bonds. The summed E-state index contributed by atoms with van der Waals surface area (Å²) < 4.78 is 11.8. The average Bonchev–Trinajstić information content (AvgIpc) is 3.17. The SMILES string of the molecule is COc1cc(OC)cc(C(=O)Nc2cc(-n3cnnn3)ccc2Cl)c1. The van der Waals surface area contributed by atoms with Gasteiger partial charge in [-0.3, -0.25) is 4.79 Å². The summed E-state index contributed by atoms with van der Waals surface area (Å²) >= 11 is 6.18. The van der Waals surface area contributed by atoms with Crippen LogP contribution >= 0.6 is 11.6 Å². The van der Waals surface area contributed by atoms with E-state index in [9.17, 15) is 4.79 Å². The van der Waals surface area contributed by atoms with Gasteiger partial charge in [-0.1, -0.05) is 11.6 Å². The quantitative estimate of drug-likeness (QED) is 0.752. The molecule has 0 unspecified atom stereocenters. The number of rotatable bonds is 5. The molecule has 0 aliphatic carbocycles. The third kappa shape index (κ3) is 3.69. The molecule has 25 heavy (non-hydrogen) atoms. The highest BCUT2D eigenvalue weighted by molar-refractivity contribution is 6.34. The van der Waals surface area contributed by atoms with Crippen molar-refractivity contribution in [1.29, 1.82) is 0 Å². The van der Waals surface area contributed by atoms with Gasteiger partial charge in [-0.15, -0.1) is 5.10 Å². The Hall–Kier alpha value is -3.13. The molecular formula is C16H14ClN5O3. The Morgan fingerprint density at radius 3 is 2.44 bits per heavy atom. The molecule has 8 nitrogen and oxygen atoms in total. The zero-order chi connectivity index (χ0) is 17.8. The number of carbonyl (C=O) groups is 1. The molecule has 0 saturated carbocycles. The Balaban J connectivity index is 1.89. The molecule has 0 bridgehead atoms. The van der Waals surface area contributed by atoms with Crippen molar-refractivity contribution in [2.75, 3.05) is 19.5 Å². The number of ether oxygens (including phenoxy) is 2. The number of hydrogen-bond donors (Lipinski definition) is 1. The van der Waals surface area contributed by atoms with Crippen molar-refractivity contribution in [2.24, 2.45) is 0 Å². The minimum absolute atomic E-state index is 0.354. The van der Waals surface area contributed by atoms with E-state index >= 15 is 0 Å². The fourth-order valence-electron chi connectivity index (χ4n) is 2.16. The van der Waals surface area contributed by atoms with Gasteiger partial charge >= 0.3 is 0 Å². The van der Waals surface area contributed by atoms with Crippen molar-refractivity contribution in [3.63, 3.8) is 0 Å². The van der Waals surface area contributed by atoms with E-state index in [0.29, 0.717) is 33.5 Å². The molecule has 0 radical (unpaired) electrons. The second-order valence-electron chi connectivity index (χ2n) is 4.97. The number of methoxy groups -OCH3 is 2. The third-order valence-corrected chi connectivity index (χ3v) is 3.75. The highest BCUT2D eigenvalue weighted by atomic mass is 35.5. The van der Waals surface area contributed by atoms with Crippen LogP contribution in [0.2, 0.25) is 5.02 Å². The van der Waals surface area contributed by atoms with Crippen molar-refractivity contribution >= 4 is 23.2 Å². The van der Waals surface area contributed by atoms with Crippen LogP contribution in [0.15, 0.2) is 42.7 Å². The van der Waals surface area contributed by atoms with Crippen LogP contribution in [0.4, 0.5) is 5.69 Å². The zero-order valence-corrected chi connectivity index (χ0v) is 14.2. The first-order valence-electron chi connectivity index (χ1n) is 7.18. The third-order valence-electron chi connectivity index (χ3n) is 3.43. The Kier molecular flexibility index (Phi) is 4.80. The number of amides is 1. The fourth-order valence-corrected chi connectivity index (χ4v) is 2.33. The first kappa shape index (κ1) is 16.7. The number of carbonyl (C=O) groups excluding carboxylic acids is 1. The Bertz CT molecular complexity index is 877. The maximum absolute atomic E-state index is 12.6. The molecule has 9 heteroatoms. The van der Waals surface area contributed by atoms with Crippen molar-refractivity contribution in [3.8, 4) is 17.2 Å². The summed E-state index contributed by atoms with van der Waals surface area (Å²) in [4.78, 5) is 12.6. The molecule has 0 atom stereocenters. The van der Waals surface area contributed by atoms with Gasteiger partial charge in [0.2, 0.25) is 0 Å². The number of anilines is 1. The van der Waals surface area contributed by atoms with E-state index in [2.05, 4.69) is 20.8 Å². The summed E-state index contributed by atoms with van der Waals surface area (Å²) in [5.41, 5.74) is 1.47. The van der Waals surface area contributed by atoms with Gasteiger partial charge < -0.3 is 14.8 Å². The van der Waals surface area contributed by atoms with Gasteiger partial charge in [0.25, 0.3) is 5.91 Å². The van der Waals surface area contributed by atoms with E-state index in [1.54, 1.807) is 36.4 Å². The second-order valence-corrected chi connectivity index (χ2v) is 5.38. The molecule has 0 aliphatic heterocycles. The lowest BCUT2D eigenvalue weighted by Gasteiger charge is -2.11. The molecule has 3 rings (SSSR count). The fraction of sp³-hybridized carbons (Fsp3) is 0.125. The molecule has 0 aliphatic rings. The summed E-state index contributed by atoms with van der Waals surface area (Å²) in [6, 6.07) is 9.97. The lowest BCUT2D eigenvalue weighted by atomic mass is 10.1. The van der Waals surface area contributed by atoms with E-state index in [1.165, 1.54) is 25.2 Å². The number of halogens is 1. The monoisotopic (exact) mass is 359 g/mol. The van der Waals surface area contributed by atoms with Crippen molar-refractivity contribution in [2.45, 2.75) is 0 Å². The first-order valence-corrected chi connectivity index (χ1v) is 7.56. The van der Waals surface area contributed by atoms with Crippen molar-refractivity contribution in [1.82, 2.24) is 20.2 Å². The topological polar surface area (TPSA) is 91.2 Å². The summed E-state index contributed by atoms with van der Waals surface area (Å²) in [6.07, 6.45) is 1.45. The summed E-state index contributed by atoms with van der Waals surface area (Å²) in [5, 5.41) is 14.1. The highest BCUT2D eigenvalue weighted by Crippen LogP contribution is 2.27. The van der Waals surface area contributed by atoms with Crippen LogP contribution in [0.5, 0.6) is 11.5 Å². The number of aromatic nitrogens is 4. The maximum atomic E-state index is 12.6. The number of benzene rings is 2. The van der Waals surface area contributed by atoms with Gasteiger partial charge in [-0.25, -0.2) is 4.68 Å². The van der Waals surface area contributed by atoms with E-state index in [-0.39, 0.29) is 5.91 Å². The number of tetrazole rings is 1. The van der Waals surface area contributed by atoms with Crippen molar-refractivity contribution < 1.29 is 14.3 Å². The van der Waals surface area contributed by atoms with E-state index in [0.717, 1.165) is 0 Å². The van der Waals surface area contributed by atoms with Crippen molar-refractivity contribution in [3.05, 3.63) is 53.3 Å². The molecule has 1 aromatic heterocycles. The Morgan fingerprint density at radius 1 is 1.12 bits per heavy atom. The summed E-state index contributed by atoms with van der Waals surface area (Å²) in [7, 11) is 3.03. The summed E-state index contributed by atoms with van der Waals surface area (Å²) in [6.45, 7) is 0. The Morgan fingerprint density at radius 2 is 1.84 bits per heavy atom. The molecule has 1 heterocycles. The second kappa shape index (κ2) is 7.18. The predicted octanol–water partition coefficient (Wildman–Crippen LogP) is 2.59. The van der Waals surface area contributed by atoms with Crippen LogP contribution in [0.3, 0.4) is 0 Å². The van der Waals surface area contributed by atoms with Gasteiger partial charge in [0.15, 0.2) is 0 Å². The molecule has 2 aromatic carbocycles. The van der Waals surface area contributed by atoms with Crippen LogP contribution in [-0.2, 0) is 0 Å². The average molecular weight is 360 g/mol. The maximum Gasteiger partial charge on any atom is 0.255 e. The molecule has 3 aromatic rings. The lowest BCUT2D eigenvalue weighted by Crippen LogP contribution is -2.13. The number of nitrogens with one attached hydrogen (secondary N) is 1. The smallest absolute Gasteiger partial charge is 0.255 e. The minimum Gasteiger partial charge on any atom is -0.497 e. The Labute approximate surface area is 148 Å². The lowest BCUT2D eigenvalue weighted by molar-refractivity contribution is 0.102. The molecule has 1 N–H and O–H groups in total. The van der Waals surface area contributed by atoms with Crippen LogP contribution in [0.25, 0.3) is 5.69 Å². The number of hydrogen-bond acceptors (Lipinski definition) is 6. The molecule has 0 spiro atoms. The normalized spacial score (nSPS) is 10.4. The zero-order valence-electron chi connectivity index (χ0n) is 13.4. The standard InChI is InChI=1S/C16H14ClN5O3/c1-24-12-5-10(6-13(8-12)25-2)16(23)19-15-7-11(3-4-14(15)17)22-9-18-20-21-22/h3-9H,1-2H3,(H,19,23). The molecular weight excluding hydrogens is 346 g/mol. The highest BCUT2D eigenvalue weighted by Gasteiger charge is 2.13. The molecule has 128 valence electrons. The van der Waals surface area contributed by atoms with E-state index in [4.69, 9.17) is 21.1 Å². The predicted molar refractivity (Wildman–Crippen MR) is 91.7 cm³/mol. The van der Waals surface area contributed by atoms with Gasteiger partial charge in [-0.05, 0) is 40.8 Å². The van der Waals surface area contributed by atoms with Gasteiger partial charge in [0.1, 0.15) is 17.8 Å². The van der Waals surface area contributed by atoms with Crippen LogP contribution in [-0.4, -0.2) is 40.3 Å². The largest absolute Gasteiger partial charge is 0.497 e. The summed E-state index contributed by atoms with van der Waals surface area (Å²) in [5.74, 6) is 0.670. The van der Waals surface area contributed by atoms with E-state index < -0.39 is 0 Å². The molecule has 0 saturated heterocycles. The van der Waals surface area contributed by atoms with E-state index in [1.807, 2.05) is 0 Å². The molecule has 0 fully saturated rings. The van der Waals surface area contributed by atoms with Crippen LogP contribution in [0.1, 0.15) is 10.4 Å².